The predicted molar refractivity (Wildman–Crippen MR) is 94.5 cm³/mol. The summed E-state index contributed by atoms with van der Waals surface area (Å²) in [6.07, 6.45) is -0.404. The molecule has 0 saturated carbocycles. The lowest BCUT2D eigenvalue weighted by Gasteiger charge is -2.08. The molecule has 0 spiro atoms. The normalized spacial score (nSPS) is 11.4. The van der Waals surface area contributed by atoms with Crippen LogP contribution >= 0.6 is 0 Å². The summed E-state index contributed by atoms with van der Waals surface area (Å²) in [5.74, 6) is -0.897. The minimum absolute atomic E-state index is 0.103. The maximum atomic E-state index is 12.7. The Morgan fingerprint density at radius 2 is 1.89 bits per heavy atom. The molecule has 0 atom stereocenters. The SMILES string of the molecule is C=CC(=O)Nc1cnc2c(c1)c(C)cn2C(=O)c1ccc(C(F)(F)F)cc1. The first-order valence-corrected chi connectivity index (χ1v) is 7.84. The standard InChI is InChI=1S/C19H14F3N3O2/c1-3-16(26)24-14-8-15-11(2)10-25(17(15)23-9-14)18(27)12-4-6-13(7-5-12)19(20,21)22/h3-10H,1H2,2H3,(H,24,26). The van der Waals surface area contributed by atoms with E-state index in [1.165, 1.54) is 10.8 Å². The first kappa shape index (κ1) is 18.4. The second-order valence-electron chi connectivity index (χ2n) is 5.85. The zero-order valence-corrected chi connectivity index (χ0v) is 14.2. The van der Waals surface area contributed by atoms with Gasteiger partial charge in [0.25, 0.3) is 5.91 Å². The number of carbonyl (C=O) groups excluding carboxylic acids is 2. The Hall–Kier alpha value is -3.42. The van der Waals surface area contributed by atoms with Crippen molar-refractivity contribution < 1.29 is 22.8 Å². The molecule has 1 aromatic carbocycles. The number of hydrogen-bond acceptors (Lipinski definition) is 3. The molecule has 2 heterocycles. The van der Waals surface area contributed by atoms with E-state index in [0.717, 1.165) is 35.9 Å². The summed E-state index contributed by atoms with van der Waals surface area (Å²) in [5.41, 5.74) is 0.788. The van der Waals surface area contributed by atoms with Crippen LogP contribution in [0.2, 0.25) is 0 Å². The average molecular weight is 373 g/mol. The number of rotatable bonds is 3. The Kier molecular flexibility index (Phi) is 4.57. The molecular formula is C19H14F3N3O2. The molecule has 1 N–H and O–H groups in total. The molecule has 1 amide bonds. The molecule has 5 nitrogen and oxygen atoms in total. The second-order valence-corrected chi connectivity index (χ2v) is 5.85. The van der Waals surface area contributed by atoms with Crippen LogP contribution in [0.5, 0.6) is 0 Å². The minimum atomic E-state index is -4.47. The van der Waals surface area contributed by atoms with Crippen LogP contribution in [-0.2, 0) is 11.0 Å². The number of nitrogens with zero attached hydrogens (tertiary/aromatic N) is 2. The molecule has 0 aliphatic rings. The Morgan fingerprint density at radius 3 is 2.48 bits per heavy atom. The number of carbonyl (C=O) groups is 2. The third-order valence-electron chi connectivity index (χ3n) is 3.97. The molecule has 0 saturated heterocycles. The molecule has 2 aromatic heterocycles. The predicted octanol–water partition coefficient (Wildman–Crippen LogP) is 4.18. The van der Waals surface area contributed by atoms with Crippen LogP contribution in [0.1, 0.15) is 21.5 Å². The van der Waals surface area contributed by atoms with Crippen molar-refractivity contribution in [2.24, 2.45) is 0 Å². The highest BCUT2D eigenvalue weighted by Crippen LogP contribution is 2.29. The largest absolute Gasteiger partial charge is 0.416 e. The quantitative estimate of drug-likeness (QED) is 0.701. The van der Waals surface area contributed by atoms with E-state index in [1.54, 1.807) is 19.2 Å². The molecule has 0 bridgehead atoms. The lowest BCUT2D eigenvalue weighted by Crippen LogP contribution is -2.13. The molecular weight excluding hydrogens is 359 g/mol. The van der Waals surface area contributed by atoms with E-state index >= 15 is 0 Å². The van der Waals surface area contributed by atoms with E-state index in [-0.39, 0.29) is 5.56 Å². The summed E-state index contributed by atoms with van der Waals surface area (Å²) in [5, 5.41) is 3.22. The molecule has 138 valence electrons. The number of halogens is 3. The van der Waals surface area contributed by atoms with Crippen molar-refractivity contribution >= 4 is 28.5 Å². The highest BCUT2D eigenvalue weighted by Gasteiger charge is 2.30. The summed E-state index contributed by atoms with van der Waals surface area (Å²) in [7, 11) is 0. The Morgan fingerprint density at radius 1 is 1.22 bits per heavy atom. The van der Waals surface area contributed by atoms with E-state index in [4.69, 9.17) is 0 Å². The van der Waals surface area contributed by atoms with Crippen molar-refractivity contribution in [2.75, 3.05) is 5.32 Å². The first-order valence-electron chi connectivity index (χ1n) is 7.84. The highest BCUT2D eigenvalue weighted by molar-refractivity contribution is 6.03. The Bertz CT molecular complexity index is 1050. The van der Waals surface area contributed by atoms with Gasteiger partial charge in [0.1, 0.15) is 5.65 Å². The van der Waals surface area contributed by atoms with Crippen LogP contribution in [-0.4, -0.2) is 21.4 Å². The van der Waals surface area contributed by atoms with Gasteiger partial charge in [-0.25, -0.2) is 4.98 Å². The topological polar surface area (TPSA) is 64.0 Å². The van der Waals surface area contributed by atoms with Gasteiger partial charge in [0.15, 0.2) is 0 Å². The molecule has 0 aliphatic heterocycles. The number of benzene rings is 1. The molecule has 0 fully saturated rings. The van der Waals surface area contributed by atoms with Gasteiger partial charge in [0.05, 0.1) is 17.4 Å². The molecule has 3 rings (SSSR count). The fourth-order valence-corrected chi connectivity index (χ4v) is 2.62. The summed E-state index contributed by atoms with van der Waals surface area (Å²) >= 11 is 0. The zero-order chi connectivity index (χ0) is 19.8. The summed E-state index contributed by atoms with van der Waals surface area (Å²) in [4.78, 5) is 28.3. The third-order valence-corrected chi connectivity index (χ3v) is 3.97. The van der Waals surface area contributed by atoms with Gasteiger partial charge in [0.2, 0.25) is 5.91 Å². The van der Waals surface area contributed by atoms with Gasteiger partial charge in [-0.1, -0.05) is 6.58 Å². The lowest BCUT2D eigenvalue weighted by molar-refractivity contribution is -0.137. The lowest BCUT2D eigenvalue weighted by atomic mass is 10.1. The van der Waals surface area contributed by atoms with E-state index in [1.807, 2.05) is 0 Å². The summed E-state index contributed by atoms with van der Waals surface area (Å²) in [6, 6.07) is 5.65. The van der Waals surface area contributed by atoms with Gasteiger partial charge in [0, 0.05) is 17.1 Å². The van der Waals surface area contributed by atoms with Crippen molar-refractivity contribution in [1.82, 2.24) is 9.55 Å². The van der Waals surface area contributed by atoms with Crippen LogP contribution in [0, 0.1) is 6.92 Å². The van der Waals surface area contributed by atoms with Crippen molar-refractivity contribution in [3.8, 4) is 0 Å². The Balaban J connectivity index is 1.98. The molecule has 3 aromatic rings. The number of aromatic nitrogens is 2. The van der Waals surface area contributed by atoms with Gasteiger partial charge in [-0.05, 0) is 48.9 Å². The first-order chi connectivity index (χ1) is 12.7. The fraction of sp³-hybridized carbons (Fsp3) is 0.105. The number of fused-ring (bicyclic) bond motifs is 1. The monoisotopic (exact) mass is 373 g/mol. The maximum absolute atomic E-state index is 12.7. The van der Waals surface area contributed by atoms with E-state index in [9.17, 15) is 22.8 Å². The van der Waals surface area contributed by atoms with Gasteiger partial charge >= 0.3 is 6.18 Å². The average Bonchev–Trinajstić information content (AvgIpc) is 2.96. The summed E-state index contributed by atoms with van der Waals surface area (Å²) < 4.78 is 39.3. The molecule has 0 radical (unpaired) electrons. The number of pyridine rings is 1. The maximum Gasteiger partial charge on any atom is 0.416 e. The minimum Gasteiger partial charge on any atom is -0.321 e. The number of alkyl halides is 3. The van der Waals surface area contributed by atoms with E-state index < -0.39 is 23.6 Å². The van der Waals surface area contributed by atoms with Crippen molar-refractivity contribution in [3.63, 3.8) is 0 Å². The van der Waals surface area contributed by atoms with Crippen LogP contribution < -0.4 is 5.32 Å². The third kappa shape index (κ3) is 3.59. The van der Waals surface area contributed by atoms with Crippen molar-refractivity contribution in [2.45, 2.75) is 13.1 Å². The van der Waals surface area contributed by atoms with E-state index in [0.29, 0.717) is 16.7 Å². The van der Waals surface area contributed by atoms with Gasteiger partial charge in [-0.3, -0.25) is 14.2 Å². The van der Waals surface area contributed by atoms with Crippen LogP contribution in [0.4, 0.5) is 18.9 Å². The van der Waals surface area contributed by atoms with Gasteiger partial charge in [-0.2, -0.15) is 13.2 Å². The van der Waals surface area contributed by atoms with Crippen LogP contribution in [0.15, 0.2) is 55.4 Å². The van der Waals surface area contributed by atoms with Crippen molar-refractivity contribution in [3.05, 3.63) is 72.1 Å². The van der Waals surface area contributed by atoms with Gasteiger partial charge in [-0.15, -0.1) is 0 Å². The number of anilines is 1. The molecule has 27 heavy (non-hydrogen) atoms. The number of amides is 1. The van der Waals surface area contributed by atoms with Crippen LogP contribution in [0.25, 0.3) is 11.0 Å². The highest BCUT2D eigenvalue weighted by atomic mass is 19.4. The summed E-state index contributed by atoms with van der Waals surface area (Å²) in [6.45, 7) is 5.13. The Labute approximate surface area is 152 Å². The molecule has 0 aliphatic carbocycles. The van der Waals surface area contributed by atoms with Crippen LogP contribution in [0.3, 0.4) is 0 Å². The number of aryl methyl sites for hydroxylation is 1. The van der Waals surface area contributed by atoms with Gasteiger partial charge < -0.3 is 5.32 Å². The fourth-order valence-electron chi connectivity index (χ4n) is 2.62. The number of hydrogen-bond donors (Lipinski definition) is 1. The van der Waals surface area contributed by atoms with E-state index in [2.05, 4.69) is 16.9 Å². The zero-order valence-electron chi connectivity index (χ0n) is 14.2. The molecule has 0 unspecified atom stereocenters. The number of nitrogens with one attached hydrogen (secondary N) is 1. The second kappa shape index (κ2) is 6.71. The van der Waals surface area contributed by atoms with Crippen molar-refractivity contribution in [1.29, 1.82) is 0 Å². The smallest absolute Gasteiger partial charge is 0.321 e. The molecule has 8 heteroatoms.